The molecule has 0 unspecified atom stereocenters. The van der Waals surface area contributed by atoms with Gasteiger partial charge < -0.3 is 15.2 Å². The summed E-state index contributed by atoms with van der Waals surface area (Å²) >= 11 is 3.47. The van der Waals surface area contributed by atoms with Crippen molar-refractivity contribution in [3.05, 3.63) is 34.6 Å². The molecule has 6 heteroatoms. The zero-order valence-corrected chi connectivity index (χ0v) is 13.8. The molecule has 0 amide bonds. The Morgan fingerprint density at radius 1 is 1.24 bits per heavy atom. The predicted molar refractivity (Wildman–Crippen MR) is 85.9 cm³/mol. The highest BCUT2D eigenvalue weighted by molar-refractivity contribution is 9.10. The van der Waals surface area contributed by atoms with Gasteiger partial charge in [0, 0.05) is 4.47 Å². The molecule has 2 aromatic rings. The number of ether oxygens (including phenoxy) is 2. The van der Waals surface area contributed by atoms with E-state index in [9.17, 15) is 0 Å². The van der Waals surface area contributed by atoms with E-state index in [2.05, 4.69) is 39.7 Å². The summed E-state index contributed by atoms with van der Waals surface area (Å²) < 4.78 is 12.2. The second kappa shape index (κ2) is 6.76. The van der Waals surface area contributed by atoms with Crippen LogP contribution in [0, 0.1) is 0 Å². The molecule has 0 saturated carbocycles. The fourth-order valence-electron chi connectivity index (χ4n) is 1.86. The van der Waals surface area contributed by atoms with Crippen molar-refractivity contribution in [2.45, 2.75) is 26.7 Å². The number of nitrogen functional groups attached to an aromatic ring is 1. The molecule has 0 aliphatic heterocycles. The van der Waals surface area contributed by atoms with Crippen LogP contribution in [-0.2, 0) is 0 Å². The molecular weight excluding hydrogens is 334 g/mol. The first-order valence-electron chi connectivity index (χ1n) is 6.73. The smallest absolute Gasteiger partial charge is 0.249 e. The summed E-state index contributed by atoms with van der Waals surface area (Å²) in [7, 11) is 0. The number of anilines is 1. The summed E-state index contributed by atoms with van der Waals surface area (Å²) in [6.45, 7) is 6.55. The highest BCUT2D eigenvalue weighted by Gasteiger charge is 2.14. The molecule has 2 N–H and O–H groups in total. The highest BCUT2D eigenvalue weighted by Crippen LogP contribution is 2.35. The van der Waals surface area contributed by atoms with Gasteiger partial charge in [0.15, 0.2) is 5.69 Å². The fourth-order valence-corrected chi connectivity index (χ4v) is 2.24. The molecule has 0 aliphatic carbocycles. The van der Waals surface area contributed by atoms with E-state index >= 15 is 0 Å². The van der Waals surface area contributed by atoms with Crippen molar-refractivity contribution in [1.29, 1.82) is 0 Å². The van der Waals surface area contributed by atoms with Crippen molar-refractivity contribution in [2.75, 3.05) is 12.3 Å². The summed E-state index contributed by atoms with van der Waals surface area (Å²) in [6, 6.07) is 5.84. The van der Waals surface area contributed by atoms with Crippen LogP contribution in [0.4, 0.5) is 5.69 Å². The molecule has 1 heterocycles. The molecule has 0 fully saturated rings. The number of benzene rings is 1. The Hall–Kier alpha value is -1.82. The summed E-state index contributed by atoms with van der Waals surface area (Å²) in [5.74, 6) is 1.68. The third kappa shape index (κ3) is 3.64. The Morgan fingerprint density at radius 2 is 1.95 bits per heavy atom. The molecule has 0 atom stereocenters. The number of nitrogens with two attached hydrogens (primary N) is 1. The van der Waals surface area contributed by atoms with Gasteiger partial charge in [-0.15, -0.1) is 0 Å². The Balaban J connectivity index is 2.36. The Kier molecular flexibility index (Phi) is 5.01. The molecular formula is C15H18BrN3O2. The van der Waals surface area contributed by atoms with Crippen molar-refractivity contribution in [2.24, 2.45) is 0 Å². The minimum Gasteiger partial charge on any atom is -0.476 e. The van der Waals surface area contributed by atoms with Crippen LogP contribution in [0.15, 0.2) is 29.0 Å². The monoisotopic (exact) mass is 351 g/mol. The molecule has 1 aromatic heterocycles. The van der Waals surface area contributed by atoms with Gasteiger partial charge in [-0.2, -0.15) is 9.97 Å². The third-order valence-corrected chi connectivity index (χ3v) is 3.39. The Bertz CT molecular complexity index is 632. The summed E-state index contributed by atoms with van der Waals surface area (Å²) in [5, 5.41) is 0. The maximum absolute atomic E-state index is 5.99. The van der Waals surface area contributed by atoms with Crippen molar-refractivity contribution in [1.82, 2.24) is 9.97 Å². The van der Waals surface area contributed by atoms with Crippen molar-refractivity contribution in [3.8, 4) is 17.5 Å². The standard InChI is InChI=1S/C15H18BrN3O2/c1-4-20-14-13(17)15(19-8-18-14)21-12-6-5-10(16)7-11(12)9(2)3/h5-9H,4,17H2,1-3H3. The molecule has 21 heavy (non-hydrogen) atoms. The lowest BCUT2D eigenvalue weighted by Gasteiger charge is -2.15. The van der Waals surface area contributed by atoms with Crippen LogP contribution in [0.5, 0.6) is 17.5 Å². The van der Waals surface area contributed by atoms with E-state index in [0.29, 0.717) is 30.0 Å². The molecule has 0 saturated heterocycles. The normalized spacial score (nSPS) is 10.7. The number of rotatable bonds is 5. The summed E-state index contributed by atoms with van der Waals surface area (Å²) in [5.41, 5.74) is 7.36. The topological polar surface area (TPSA) is 70.3 Å². The van der Waals surface area contributed by atoms with Crippen molar-refractivity contribution in [3.63, 3.8) is 0 Å². The predicted octanol–water partition coefficient (Wildman–Crippen LogP) is 4.14. The highest BCUT2D eigenvalue weighted by atomic mass is 79.9. The van der Waals surface area contributed by atoms with Gasteiger partial charge in [0.2, 0.25) is 11.8 Å². The van der Waals surface area contributed by atoms with Gasteiger partial charge in [0.05, 0.1) is 6.61 Å². The average Bonchev–Trinajstić information content (AvgIpc) is 2.45. The summed E-state index contributed by atoms with van der Waals surface area (Å²) in [6.07, 6.45) is 1.38. The first kappa shape index (κ1) is 15.6. The van der Waals surface area contributed by atoms with Gasteiger partial charge in [-0.1, -0.05) is 29.8 Å². The lowest BCUT2D eigenvalue weighted by molar-refractivity contribution is 0.325. The number of nitrogens with zero attached hydrogens (tertiary/aromatic N) is 2. The van der Waals surface area contributed by atoms with Crippen LogP contribution in [-0.4, -0.2) is 16.6 Å². The van der Waals surface area contributed by atoms with E-state index in [4.69, 9.17) is 15.2 Å². The van der Waals surface area contributed by atoms with E-state index < -0.39 is 0 Å². The molecule has 0 bridgehead atoms. The zero-order chi connectivity index (χ0) is 15.4. The molecule has 2 rings (SSSR count). The lowest BCUT2D eigenvalue weighted by atomic mass is 10.0. The van der Waals surface area contributed by atoms with Crippen LogP contribution in [0.1, 0.15) is 32.3 Å². The van der Waals surface area contributed by atoms with E-state index in [1.807, 2.05) is 25.1 Å². The minimum absolute atomic E-state index is 0.303. The van der Waals surface area contributed by atoms with Crippen LogP contribution in [0.3, 0.4) is 0 Å². The molecule has 5 nitrogen and oxygen atoms in total. The molecule has 0 aliphatic rings. The molecule has 0 spiro atoms. The molecule has 0 radical (unpaired) electrons. The second-order valence-corrected chi connectivity index (χ2v) is 5.69. The average molecular weight is 352 g/mol. The first-order valence-corrected chi connectivity index (χ1v) is 7.52. The lowest BCUT2D eigenvalue weighted by Crippen LogP contribution is -2.04. The van der Waals surface area contributed by atoms with Gasteiger partial charge in [-0.3, -0.25) is 0 Å². The van der Waals surface area contributed by atoms with Crippen LogP contribution < -0.4 is 15.2 Å². The second-order valence-electron chi connectivity index (χ2n) is 4.77. The van der Waals surface area contributed by atoms with Crippen LogP contribution in [0.2, 0.25) is 0 Å². The summed E-state index contributed by atoms with van der Waals surface area (Å²) in [4.78, 5) is 8.09. The van der Waals surface area contributed by atoms with Gasteiger partial charge >= 0.3 is 0 Å². The van der Waals surface area contributed by atoms with Crippen molar-refractivity contribution < 1.29 is 9.47 Å². The molecule has 1 aromatic carbocycles. The number of aromatic nitrogens is 2. The molecule has 112 valence electrons. The van der Waals surface area contributed by atoms with E-state index in [-0.39, 0.29) is 0 Å². The fraction of sp³-hybridized carbons (Fsp3) is 0.333. The number of hydrogen-bond donors (Lipinski definition) is 1. The van der Waals surface area contributed by atoms with E-state index in [0.717, 1.165) is 15.8 Å². The van der Waals surface area contributed by atoms with E-state index in [1.165, 1.54) is 6.33 Å². The maximum Gasteiger partial charge on any atom is 0.249 e. The number of hydrogen-bond acceptors (Lipinski definition) is 5. The van der Waals surface area contributed by atoms with Gasteiger partial charge in [0.25, 0.3) is 0 Å². The Morgan fingerprint density at radius 3 is 2.62 bits per heavy atom. The largest absolute Gasteiger partial charge is 0.476 e. The first-order chi connectivity index (χ1) is 10.0. The van der Waals surface area contributed by atoms with Gasteiger partial charge in [0.1, 0.15) is 12.1 Å². The quantitative estimate of drug-likeness (QED) is 0.876. The SMILES string of the molecule is CCOc1ncnc(Oc2ccc(Br)cc2C(C)C)c1N. The van der Waals surface area contributed by atoms with E-state index in [1.54, 1.807) is 0 Å². The minimum atomic E-state index is 0.303. The van der Waals surface area contributed by atoms with Crippen LogP contribution >= 0.6 is 15.9 Å². The zero-order valence-electron chi connectivity index (χ0n) is 12.3. The van der Waals surface area contributed by atoms with Gasteiger partial charge in [-0.25, -0.2) is 0 Å². The van der Waals surface area contributed by atoms with Gasteiger partial charge in [-0.05, 0) is 36.6 Å². The maximum atomic E-state index is 5.99. The van der Waals surface area contributed by atoms with Crippen LogP contribution in [0.25, 0.3) is 0 Å². The van der Waals surface area contributed by atoms with Crippen molar-refractivity contribution >= 4 is 21.6 Å². The Labute approximate surface area is 132 Å². The third-order valence-electron chi connectivity index (χ3n) is 2.89. The number of halogens is 1.